The quantitative estimate of drug-likeness (QED) is 0.653. The number of ether oxygens (including phenoxy) is 1. The van der Waals surface area contributed by atoms with Crippen molar-refractivity contribution in [3.05, 3.63) is 0 Å². The maximum atomic E-state index is 11.8. The molecule has 15 heavy (non-hydrogen) atoms. The van der Waals surface area contributed by atoms with Gasteiger partial charge in [0.25, 0.3) is 0 Å². The second kappa shape index (κ2) is 5.53. The summed E-state index contributed by atoms with van der Waals surface area (Å²) in [5, 5.41) is 0. The van der Waals surface area contributed by atoms with Crippen LogP contribution in [0.2, 0.25) is 0 Å². The third-order valence-electron chi connectivity index (χ3n) is 3.63. The number of rotatable bonds is 5. The second-order valence-electron chi connectivity index (χ2n) is 5.22. The van der Waals surface area contributed by atoms with E-state index in [0.29, 0.717) is 11.8 Å². The molecule has 90 valence electrons. The number of carbonyl (C=O) groups excluding carboxylic acids is 1. The Morgan fingerprint density at radius 1 is 1.13 bits per heavy atom. The predicted molar refractivity (Wildman–Crippen MR) is 63.6 cm³/mol. The third kappa shape index (κ3) is 3.51. The monoisotopic (exact) mass is 214 g/mol. The van der Waals surface area contributed by atoms with Crippen molar-refractivity contribution < 1.29 is 9.53 Å². The summed E-state index contributed by atoms with van der Waals surface area (Å²) in [4.78, 5) is 11.8. The van der Waals surface area contributed by atoms with Gasteiger partial charge in [0.15, 0.2) is 0 Å². The average Bonchev–Trinajstić information content (AvgIpc) is 2.15. The molecule has 1 unspecified atom stereocenters. The SMILES string of the molecule is CCC(C)C(=O)OC(C)(C(C)C)C(C)C. The van der Waals surface area contributed by atoms with Crippen LogP contribution in [0.25, 0.3) is 0 Å². The molecule has 0 fully saturated rings. The molecule has 0 saturated carbocycles. The van der Waals surface area contributed by atoms with E-state index in [1.54, 1.807) is 0 Å². The van der Waals surface area contributed by atoms with Crippen molar-refractivity contribution in [2.75, 3.05) is 0 Å². The van der Waals surface area contributed by atoms with Gasteiger partial charge in [-0.05, 0) is 25.2 Å². The van der Waals surface area contributed by atoms with Crippen LogP contribution in [-0.4, -0.2) is 11.6 Å². The van der Waals surface area contributed by atoms with Gasteiger partial charge in [-0.2, -0.15) is 0 Å². The van der Waals surface area contributed by atoms with Gasteiger partial charge in [0.05, 0.1) is 5.92 Å². The van der Waals surface area contributed by atoms with Crippen LogP contribution < -0.4 is 0 Å². The Kier molecular flexibility index (Phi) is 5.33. The number of hydrogen-bond acceptors (Lipinski definition) is 2. The highest BCUT2D eigenvalue weighted by Gasteiger charge is 2.36. The highest BCUT2D eigenvalue weighted by Crippen LogP contribution is 2.31. The van der Waals surface area contributed by atoms with Crippen molar-refractivity contribution >= 4 is 5.97 Å². The minimum absolute atomic E-state index is 0.00169. The Hall–Kier alpha value is -0.530. The molecule has 1 atom stereocenters. The fourth-order valence-electron chi connectivity index (χ4n) is 1.39. The van der Waals surface area contributed by atoms with E-state index in [0.717, 1.165) is 6.42 Å². The van der Waals surface area contributed by atoms with E-state index in [4.69, 9.17) is 4.74 Å². The van der Waals surface area contributed by atoms with Crippen LogP contribution in [-0.2, 0) is 9.53 Å². The van der Waals surface area contributed by atoms with Crippen LogP contribution in [0.3, 0.4) is 0 Å². The molecule has 0 aromatic rings. The lowest BCUT2D eigenvalue weighted by atomic mass is 9.82. The molecule has 0 radical (unpaired) electrons. The zero-order valence-electron chi connectivity index (χ0n) is 11.3. The lowest BCUT2D eigenvalue weighted by Crippen LogP contribution is -2.43. The molecule has 0 bridgehead atoms. The molecule has 0 N–H and O–H groups in total. The zero-order valence-corrected chi connectivity index (χ0v) is 11.3. The molecule has 0 aromatic heterocycles. The largest absolute Gasteiger partial charge is 0.459 e. The van der Waals surface area contributed by atoms with E-state index < -0.39 is 0 Å². The van der Waals surface area contributed by atoms with Crippen molar-refractivity contribution in [1.29, 1.82) is 0 Å². The van der Waals surface area contributed by atoms with Crippen molar-refractivity contribution in [2.24, 2.45) is 17.8 Å². The molecule has 0 aliphatic carbocycles. The van der Waals surface area contributed by atoms with Gasteiger partial charge in [-0.15, -0.1) is 0 Å². The topological polar surface area (TPSA) is 26.3 Å². The van der Waals surface area contributed by atoms with Crippen molar-refractivity contribution in [3.8, 4) is 0 Å². The smallest absolute Gasteiger partial charge is 0.309 e. The van der Waals surface area contributed by atoms with E-state index in [1.165, 1.54) is 0 Å². The minimum atomic E-state index is -0.347. The molecular formula is C13H26O2. The number of carbonyl (C=O) groups is 1. The predicted octanol–water partition coefficient (Wildman–Crippen LogP) is 3.65. The summed E-state index contributed by atoms with van der Waals surface area (Å²) in [5.74, 6) is 0.611. The first kappa shape index (κ1) is 14.5. The van der Waals surface area contributed by atoms with Crippen LogP contribution in [0.1, 0.15) is 54.9 Å². The highest BCUT2D eigenvalue weighted by molar-refractivity contribution is 5.72. The summed E-state index contributed by atoms with van der Waals surface area (Å²) in [6.45, 7) is 14.4. The van der Waals surface area contributed by atoms with Gasteiger partial charge < -0.3 is 4.74 Å². The maximum absolute atomic E-state index is 11.8. The van der Waals surface area contributed by atoms with E-state index in [1.807, 2.05) is 20.8 Å². The third-order valence-corrected chi connectivity index (χ3v) is 3.63. The summed E-state index contributed by atoms with van der Waals surface area (Å²) in [5.41, 5.74) is -0.347. The molecule has 0 heterocycles. The summed E-state index contributed by atoms with van der Waals surface area (Å²) in [6.07, 6.45) is 0.838. The van der Waals surface area contributed by atoms with E-state index in [2.05, 4.69) is 27.7 Å². The van der Waals surface area contributed by atoms with E-state index in [9.17, 15) is 4.79 Å². The molecular weight excluding hydrogens is 188 g/mol. The summed E-state index contributed by atoms with van der Waals surface area (Å²) in [6, 6.07) is 0. The first-order valence-electron chi connectivity index (χ1n) is 5.98. The van der Waals surface area contributed by atoms with E-state index >= 15 is 0 Å². The van der Waals surface area contributed by atoms with Gasteiger partial charge in [0.1, 0.15) is 5.60 Å². The van der Waals surface area contributed by atoms with Crippen molar-refractivity contribution in [1.82, 2.24) is 0 Å². The molecule has 0 aromatic carbocycles. The second-order valence-corrected chi connectivity index (χ2v) is 5.22. The van der Waals surface area contributed by atoms with Gasteiger partial charge in [0.2, 0.25) is 0 Å². The lowest BCUT2D eigenvalue weighted by Gasteiger charge is -2.38. The fraction of sp³-hybridized carbons (Fsp3) is 0.923. The van der Waals surface area contributed by atoms with Gasteiger partial charge >= 0.3 is 5.97 Å². The molecule has 0 aliphatic rings. The molecule has 2 heteroatoms. The summed E-state index contributed by atoms with van der Waals surface area (Å²) < 4.78 is 5.67. The van der Waals surface area contributed by atoms with E-state index in [-0.39, 0.29) is 17.5 Å². The number of hydrogen-bond donors (Lipinski definition) is 0. The molecule has 0 spiro atoms. The van der Waals surface area contributed by atoms with Crippen LogP contribution in [0, 0.1) is 17.8 Å². The number of esters is 1. The molecule has 0 amide bonds. The molecule has 2 nitrogen and oxygen atoms in total. The van der Waals surface area contributed by atoms with Crippen molar-refractivity contribution in [2.45, 2.75) is 60.5 Å². The van der Waals surface area contributed by atoms with Gasteiger partial charge in [-0.1, -0.05) is 41.5 Å². The Labute approximate surface area is 94.4 Å². The van der Waals surface area contributed by atoms with Crippen LogP contribution in [0.5, 0.6) is 0 Å². The van der Waals surface area contributed by atoms with Gasteiger partial charge in [0, 0.05) is 0 Å². The first-order chi connectivity index (χ1) is 6.75. The average molecular weight is 214 g/mol. The molecule has 0 aliphatic heterocycles. The van der Waals surface area contributed by atoms with Crippen molar-refractivity contribution in [3.63, 3.8) is 0 Å². The van der Waals surface area contributed by atoms with Gasteiger partial charge in [-0.3, -0.25) is 4.79 Å². The van der Waals surface area contributed by atoms with Crippen LogP contribution >= 0.6 is 0 Å². The Morgan fingerprint density at radius 3 is 1.80 bits per heavy atom. The highest BCUT2D eigenvalue weighted by atomic mass is 16.6. The van der Waals surface area contributed by atoms with Crippen LogP contribution in [0.4, 0.5) is 0 Å². The zero-order chi connectivity index (χ0) is 12.2. The summed E-state index contributed by atoms with van der Waals surface area (Å²) in [7, 11) is 0. The maximum Gasteiger partial charge on any atom is 0.309 e. The minimum Gasteiger partial charge on any atom is -0.459 e. The summed E-state index contributed by atoms with van der Waals surface area (Å²) >= 11 is 0. The molecule has 0 saturated heterocycles. The van der Waals surface area contributed by atoms with Crippen LogP contribution in [0.15, 0.2) is 0 Å². The molecule has 0 rings (SSSR count). The normalized spacial score (nSPS) is 14.5. The van der Waals surface area contributed by atoms with Gasteiger partial charge in [-0.25, -0.2) is 0 Å². The first-order valence-corrected chi connectivity index (χ1v) is 5.98. The lowest BCUT2D eigenvalue weighted by molar-refractivity contribution is -0.173. The Balaban J connectivity index is 4.63. The Bertz CT molecular complexity index is 199. The Morgan fingerprint density at radius 2 is 1.53 bits per heavy atom. The fourth-order valence-corrected chi connectivity index (χ4v) is 1.39. The standard InChI is InChI=1S/C13H26O2/c1-8-11(6)12(14)15-13(7,9(2)3)10(4)5/h9-11H,8H2,1-7H3.